The van der Waals surface area contributed by atoms with Gasteiger partial charge in [0, 0.05) is 55.4 Å². The lowest BCUT2D eigenvalue weighted by atomic mass is 10.2. The van der Waals surface area contributed by atoms with Crippen LogP contribution in [0.4, 0.5) is 11.6 Å². The van der Waals surface area contributed by atoms with Crippen LogP contribution in [-0.4, -0.2) is 46.0 Å². The van der Waals surface area contributed by atoms with Crippen LogP contribution in [-0.2, 0) is 6.54 Å². The van der Waals surface area contributed by atoms with E-state index in [0.29, 0.717) is 0 Å². The van der Waals surface area contributed by atoms with Crippen molar-refractivity contribution in [3.05, 3.63) is 109 Å². The van der Waals surface area contributed by atoms with E-state index in [1.807, 2.05) is 60.7 Å². The molecule has 38 heavy (non-hydrogen) atoms. The Balaban J connectivity index is 1.04. The van der Waals surface area contributed by atoms with Crippen LogP contribution in [0.2, 0.25) is 0 Å². The Morgan fingerprint density at radius 3 is 2.32 bits per heavy atom. The van der Waals surface area contributed by atoms with E-state index in [1.165, 1.54) is 17.3 Å². The maximum atomic E-state index is 5.89. The number of piperazine rings is 1. The lowest BCUT2D eigenvalue weighted by Crippen LogP contribution is -2.46. The van der Waals surface area contributed by atoms with Gasteiger partial charge in [0.2, 0.25) is 0 Å². The van der Waals surface area contributed by atoms with Crippen molar-refractivity contribution in [1.29, 1.82) is 0 Å². The molecule has 7 nitrogen and oxygen atoms in total. The quantitative estimate of drug-likeness (QED) is 0.241. The number of rotatable bonds is 8. The Bertz CT molecular complexity index is 1490. The monoisotopic (exact) mass is 520 g/mol. The third-order valence-electron chi connectivity index (χ3n) is 6.46. The summed E-state index contributed by atoms with van der Waals surface area (Å²) in [7, 11) is 0. The van der Waals surface area contributed by atoms with Gasteiger partial charge in [0.15, 0.2) is 11.6 Å². The van der Waals surface area contributed by atoms with E-state index in [9.17, 15) is 0 Å². The molecule has 1 aliphatic rings. The van der Waals surface area contributed by atoms with Crippen molar-refractivity contribution >= 4 is 34.5 Å². The smallest absolute Gasteiger partial charge is 0.179 e. The first kappa shape index (κ1) is 24.2. The van der Waals surface area contributed by atoms with Crippen molar-refractivity contribution in [2.45, 2.75) is 11.4 Å². The summed E-state index contributed by atoms with van der Waals surface area (Å²) in [6.07, 6.45) is 3.48. The van der Waals surface area contributed by atoms with Crippen molar-refractivity contribution in [2.75, 3.05) is 35.8 Å². The molecule has 1 fully saturated rings. The minimum absolute atomic E-state index is 0.770. The first-order valence-electron chi connectivity index (χ1n) is 12.7. The van der Waals surface area contributed by atoms with Gasteiger partial charge in [-0.25, -0.2) is 9.97 Å². The first-order valence-corrected chi connectivity index (χ1v) is 13.5. The molecule has 190 valence electrons. The number of nitrogens with zero attached hydrogens (tertiary/aromatic N) is 5. The van der Waals surface area contributed by atoms with Gasteiger partial charge in [-0.3, -0.25) is 9.88 Å². The average Bonchev–Trinajstić information content (AvgIpc) is 2.98. The zero-order chi connectivity index (χ0) is 25.6. The maximum Gasteiger partial charge on any atom is 0.179 e. The molecule has 1 aliphatic heterocycles. The van der Waals surface area contributed by atoms with Gasteiger partial charge < -0.3 is 14.4 Å². The second-order valence-corrected chi connectivity index (χ2v) is 9.96. The summed E-state index contributed by atoms with van der Waals surface area (Å²) in [6.45, 7) is 4.51. The third kappa shape index (κ3) is 5.88. The van der Waals surface area contributed by atoms with Crippen LogP contribution in [0.25, 0.3) is 10.9 Å². The van der Waals surface area contributed by atoms with Crippen molar-refractivity contribution in [2.24, 2.45) is 0 Å². The topological polar surface area (TPSA) is 66.4 Å². The molecule has 0 radical (unpaired) electrons. The number of hydrogen-bond donors (Lipinski definition) is 1. The third-order valence-corrected chi connectivity index (χ3v) is 7.26. The van der Waals surface area contributed by atoms with E-state index in [4.69, 9.17) is 9.72 Å². The number of benzene rings is 3. The molecule has 6 rings (SSSR count). The van der Waals surface area contributed by atoms with Gasteiger partial charge in [0.05, 0.1) is 11.2 Å². The zero-order valence-corrected chi connectivity index (χ0v) is 21.7. The zero-order valence-electron chi connectivity index (χ0n) is 20.9. The normalized spacial score (nSPS) is 13.9. The van der Waals surface area contributed by atoms with E-state index < -0.39 is 0 Å². The Kier molecular flexibility index (Phi) is 7.33. The minimum atomic E-state index is 0.770. The Morgan fingerprint density at radius 2 is 1.47 bits per heavy atom. The van der Waals surface area contributed by atoms with Gasteiger partial charge in [-0.2, -0.15) is 0 Å². The first-order chi connectivity index (χ1) is 18.8. The summed E-state index contributed by atoms with van der Waals surface area (Å²) in [5.74, 6) is 3.28. The Hall–Kier alpha value is -4.14. The standard InChI is InChI=1S/C30H28N6OS/c1-2-7-25(8-3-1)37-26-12-14-27(15-13-26)38-34-29-30(32-17-16-31-29)36-20-18-35(19-21-36)22-24-11-10-23-6-4-5-9-28(23)33-24/h1-17H,18-22H2,(H,31,34). The molecule has 1 N–H and O–H groups in total. The number of hydrogen-bond acceptors (Lipinski definition) is 8. The summed E-state index contributed by atoms with van der Waals surface area (Å²) < 4.78 is 9.29. The lowest BCUT2D eigenvalue weighted by Gasteiger charge is -2.35. The van der Waals surface area contributed by atoms with Crippen LogP contribution in [0.15, 0.2) is 108 Å². The van der Waals surface area contributed by atoms with E-state index in [-0.39, 0.29) is 0 Å². The second kappa shape index (κ2) is 11.5. The van der Waals surface area contributed by atoms with Crippen molar-refractivity contribution < 1.29 is 4.74 Å². The summed E-state index contributed by atoms with van der Waals surface area (Å²) in [4.78, 5) is 19.9. The molecule has 3 heterocycles. The predicted molar refractivity (Wildman–Crippen MR) is 154 cm³/mol. The predicted octanol–water partition coefficient (Wildman–Crippen LogP) is 6.26. The van der Waals surface area contributed by atoms with E-state index in [0.717, 1.165) is 72.0 Å². The van der Waals surface area contributed by atoms with Crippen molar-refractivity contribution in [3.8, 4) is 11.5 Å². The molecule has 5 aromatic rings. The number of anilines is 2. The molecule has 0 amide bonds. The molecule has 1 saturated heterocycles. The largest absolute Gasteiger partial charge is 0.457 e. The average molecular weight is 521 g/mol. The SMILES string of the molecule is c1ccc(Oc2ccc(SNc3nccnc3N3CCN(Cc4ccc5ccccc5n4)CC3)cc2)cc1. The number of nitrogens with one attached hydrogen (secondary N) is 1. The maximum absolute atomic E-state index is 5.89. The number of ether oxygens (including phenoxy) is 1. The molecular weight excluding hydrogens is 492 g/mol. The molecule has 0 atom stereocenters. The highest BCUT2D eigenvalue weighted by Crippen LogP contribution is 2.29. The molecule has 0 aliphatic carbocycles. The highest BCUT2D eigenvalue weighted by Gasteiger charge is 2.21. The Labute approximate surface area is 226 Å². The molecule has 3 aromatic carbocycles. The summed E-state index contributed by atoms with van der Waals surface area (Å²) >= 11 is 1.52. The molecular formula is C30H28N6OS. The van der Waals surface area contributed by atoms with Gasteiger partial charge in [-0.1, -0.05) is 42.5 Å². The lowest BCUT2D eigenvalue weighted by molar-refractivity contribution is 0.247. The number of fused-ring (bicyclic) bond motifs is 1. The fraction of sp³-hybridized carbons (Fsp3) is 0.167. The summed E-state index contributed by atoms with van der Waals surface area (Å²) in [6, 6.07) is 30.4. The van der Waals surface area contributed by atoms with E-state index in [2.05, 4.69) is 54.8 Å². The molecule has 2 aromatic heterocycles. The van der Waals surface area contributed by atoms with E-state index >= 15 is 0 Å². The molecule has 0 bridgehead atoms. The summed E-state index contributed by atoms with van der Waals surface area (Å²) in [5, 5.41) is 1.18. The Morgan fingerprint density at radius 1 is 0.737 bits per heavy atom. The van der Waals surface area contributed by atoms with E-state index in [1.54, 1.807) is 12.4 Å². The fourth-order valence-corrected chi connectivity index (χ4v) is 5.12. The van der Waals surface area contributed by atoms with Crippen molar-refractivity contribution in [1.82, 2.24) is 19.9 Å². The molecule has 0 spiro atoms. The molecule has 0 saturated carbocycles. The molecule has 0 unspecified atom stereocenters. The van der Waals surface area contributed by atoms with Gasteiger partial charge in [-0.15, -0.1) is 0 Å². The van der Waals surface area contributed by atoms with Crippen LogP contribution in [0.5, 0.6) is 11.5 Å². The number of aromatic nitrogens is 3. The van der Waals surface area contributed by atoms with Crippen molar-refractivity contribution in [3.63, 3.8) is 0 Å². The second-order valence-electron chi connectivity index (χ2n) is 9.08. The minimum Gasteiger partial charge on any atom is -0.457 e. The van der Waals surface area contributed by atoms with Crippen LogP contribution in [0.1, 0.15) is 5.69 Å². The van der Waals surface area contributed by atoms with Crippen LogP contribution >= 0.6 is 11.9 Å². The van der Waals surface area contributed by atoms with Crippen LogP contribution in [0.3, 0.4) is 0 Å². The highest BCUT2D eigenvalue weighted by molar-refractivity contribution is 8.00. The van der Waals surface area contributed by atoms with Gasteiger partial charge in [-0.05, 0) is 60.5 Å². The van der Waals surface area contributed by atoms with Crippen LogP contribution in [0, 0.1) is 0 Å². The van der Waals surface area contributed by atoms with Gasteiger partial charge in [0.1, 0.15) is 11.5 Å². The van der Waals surface area contributed by atoms with Crippen LogP contribution < -0.4 is 14.4 Å². The molecule has 8 heteroatoms. The number of para-hydroxylation sites is 2. The van der Waals surface area contributed by atoms with Gasteiger partial charge in [0.25, 0.3) is 0 Å². The fourth-order valence-electron chi connectivity index (χ4n) is 4.48. The highest BCUT2D eigenvalue weighted by atomic mass is 32.2. The van der Waals surface area contributed by atoms with Gasteiger partial charge >= 0.3 is 0 Å². The summed E-state index contributed by atoms with van der Waals surface area (Å²) in [5.41, 5.74) is 2.16. The number of pyridine rings is 1.